The standard InChI is InChI=1S/C18H17N3O3/c22-16-14-9-4-5-10-15(14)17(23)21(16)12-6-11-19-18(24)20-13-7-2-1-3-8-13/h1-5,7-10H,6,11-12H2,(H2,19,20,24). The van der Waals surface area contributed by atoms with Crippen molar-refractivity contribution in [2.45, 2.75) is 6.42 Å². The number of urea groups is 1. The van der Waals surface area contributed by atoms with Crippen LogP contribution in [0.3, 0.4) is 0 Å². The molecular formula is C18H17N3O3. The van der Waals surface area contributed by atoms with Crippen LogP contribution in [0.1, 0.15) is 27.1 Å². The van der Waals surface area contributed by atoms with Gasteiger partial charge in [-0.25, -0.2) is 4.79 Å². The van der Waals surface area contributed by atoms with Gasteiger partial charge in [-0.05, 0) is 30.7 Å². The number of nitrogens with zero attached hydrogens (tertiary/aromatic N) is 1. The molecule has 2 aromatic carbocycles. The third kappa shape index (κ3) is 3.27. The average Bonchev–Trinajstić information content (AvgIpc) is 2.84. The van der Waals surface area contributed by atoms with Crippen LogP contribution in [-0.4, -0.2) is 35.8 Å². The molecule has 4 amide bonds. The summed E-state index contributed by atoms with van der Waals surface area (Å²) in [6.07, 6.45) is 0.494. The van der Waals surface area contributed by atoms with E-state index in [1.165, 1.54) is 4.90 Å². The Hall–Kier alpha value is -3.15. The Balaban J connectivity index is 1.45. The van der Waals surface area contributed by atoms with Gasteiger partial charge in [0.05, 0.1) is 11.1 Å². The summed E-state index contributed by atoms with van der Waals surface area (Å²) in [7, 11) is 0. The highest BCUT2D eigenvalue weighted by Gasteiger charge is 2.34. The first kappa shape index (κ1) is 15.7. The van der Waals surface area contributed by atoms with Crippen molar-refractivity contribution in [3.8, 4) is 0 Å². The van der Waals surface area contributed by atoms with Crippen LogP contribution in [0.25, 0.3) is 0 Å². The molecule has 2 aromatic rings. The summed E-state index contributed by atoms with van der Waals surface area (Å²) in [5, 5.41) is 5.41. The van der Waals surface area contributed by atoms with E-state index in [4.69, 9.17) is 0 Å². The summed E-state index contributed by atoms with van der Waals surface area (Å²) < 4.78 is 0. The minimum absolute atomic E-state index is 0.274. The molecule has 0 saturated heterocycles. The quantitative estimate of drug-likeness (QED) is 0.655. The molecule has 0 saturated carbocycles. The Morgan fingerprint density at radius 2 is 1.46 bits per heavy atom. The summed E-state index contributed by atoms with van der Waals surface area (Å²) in [6.45, 7) is 0.643. The Morgan fingerprint density at radius 3 is 2.08 bits per heavy atom. The molecule has 1 aliphatic heterocycles. The largest absolute Gasteiger partial charge is 0.338 e. The Bertz CT molecular complexity index is 739. The molecule has 0 radical (unpaired) electrons. The van der Waals surface area contributed by atoms with Gasteiger partial charge in [-0.3, -0.25) is 14.5 Å². The van der Waals surface area contributed by atoms with Gasteiger partial charge < -0.3 is 10.6 Å². The van der Waals surface area contributed by atoms with Crippen LogP contribution in [0.2, 0.25) is 0 Å². The lowest BCUT2D eigenvalue weighted by atomic mass is 10.1. The average molecular weight is 323 g/mol. The molecule has 0 spiro atoms. The lowest BCUT2D eigenvalue weighted by Gasteiger charge is -2.14. The second-order valence-electron chi connectivity index (χ2n) is 5.41. The number of amides is 4. The van der Waals surface area contributed by atoms with Crippen molar-refractivity contribution in [2.75, 3.05) is 18.4 Å². The van der Waals surface area contributed by atoms with Crippen LogP contribution in [0, 0.1) is 0 Å². The van der Waals surface area contributed by atoms with Crippen LogP contribution in [0.4, 0.5) is 10.5 Å². The van der Waals surface area contributed by atoms with Gasteiger partial charge in [0, 0.05) is 18.8 Å². The first-order valence-corrected chi connectivity index (χ1v) is 7.72. The highest BCUT2D eigenvalue weighted by Crippen LogP contribution is 2.22. The van der Waals surface area contributed by atoms with Crippen molar-refractivity contribution in [1.82, 2.24) is 10.2 Å². The fourth-order valence-corrected chi connectivity index (χ4v) is 2.58. The van der Waals surface area contributed by atoms with Gasteiger partial charge >= 0.3 is 6.03 Å². The van der Waals surface area contributed by atoms with Crippen molar-refractivity contribution in [2.24, 2.45) is 0 Å². The van der Waals surface area contributed by atoms with Crippen molar-refractivity contribution in [1.29, 1.82) is 0 Å². The molecular weight excluding hydrogens is 306 g/mol. The topological polar surface area (TPSA) is 78.5 Å². The molecule has 0 atom stereocenters. The van der Waals surface area contributed by atoms with E-state index >= 15 is 0 Å². The smallest absolute Gasteiger partial charge is 0.319 e. The molecule has 3 rings (SSSR count). The van der Waals surface area contributed by atoms with E-state index in [0.717, 1.165) is 0 Å². The summed E-state index contributed by atoms with van der Waals surface area (Å²) >= 11 is 0. The van der Waals surface area contributed by atoms with Gasteiger partial charge in [-0.2, -0.15) is 0 Å². The number of para-hydroxylation sites is 1. The Kier molecular flexibility index (Phi) is 4.56. The Morgan fingerprint density at radius 1 is 0.875 bits per heavy atom. The summed E-state index contributed by atoms with van der Waals surface area (Å²) in [6, 6.07) is 15.6. The number of imide groups is 1. The Labute approximate surface area is 139 Å². The van der Waals surface area contributed by atoms with E-state index in [2.05, 4.69) is 10.6 Å². The monoisotopic (exact) mass is 323 g/mol. The molecule has 0 unspecified atom stereocenters. The molecule has 24 heavy (non-hydrogen) atoms. The number of rotatable bonds is 5. The maximum Gasteiger partial charge on any atom is 0.319 e. The number of fused-ring (bicyclic) bond motifs is 1. The number of carbonyl (C=O) groups excluding carboxylic acids is 3. The number of carbonyl (C=O) groups is 3. The minimum atomic E-state index is -0.316. The summed E-state index contributed by atoms with van der Waals surface area (Å²) in [5.41, 5.74) is 1.59. The second kappa shape index (κ2) is 6.95. The molecule has 2 N–H and O–H groups in total. The lowest BCUT2D eigenvalue weighted by molar-refractivity contribution is 0.0653. The van der Waals surface area contributed by atoms with Crippen LogP contribution >= 0.6 is 0 Å². The summed E-state index contributed by atoms with van der Waals surface area (Å²) in [5.74, 6) is -0.548. The zero-order valence-electron chi connectivity index (χ0n) is 13.0. The fraction of sp³-hybridized carbons (Fsp3) is 0.167. The maximum atomic E-state index is 12.2. The first-order chi connectivity index (χ1) is 11.7. The predicted molar refractivity (Wildman–Crippen MR) is 89.9 cm³/mol. The normalized spacial score (nSPS) is 12.9. The van der Waals surface area contributed by atoms with E-state index in [-0.39, 0.29) is 24.4 Å². The third-order valence-corrected chi connectivity index (χ3v) is 3.75. The molecule has 122 valence electrons. The van der Waals surface area contributed by atoms with E-state index < -0.39 is 0 Å². The molecule has 0 fully saturated rings. The van der Waals surface area contributed by atoms with Crippen LogP contribution in [-0.2, 0) is 0 Å². The van der Waals surface area contributed by atoms with Gasteiger partial charge in [-0.15, -0.1) is 0 Å². The van der Waals surface area contributed by atoms with Gasteiger partial charge in [-0.1, -0.05) is 30.3 Å². The molecule has 6 heteroatoms. The molecule has 1 aliphatic rings. The van der Waals surface area contributed by atoms with Crippen LogP contribution in [0.15, 0.2) is 54.6 Å². The van der Waals surface area contributed by atoms with Crippen molar-refractivity contribution < 1.29 is 14.4 Å². The van der Waals surface area contributed by atoms with Crippen LogP contribution in [0.5, 0.6) is 0 Å². The van der Waals surface area contributed by atoms with E-state index in [1.54, 1.807) is 36.4 Å². The van der Waals surface area contributed by atoms with E-state index in [9.17, 15) is 14.4 Å². The maximum absolute atomic E-state index is 12.2. The van der Waals surface area contributed by atoms with Crippen LogP contribution < -0.4 is 10.6 Å². The summed E-state index contributed by atoms with van der Waals surface area (Å²) in [4.78, 5) is 37.3. The molecule has 0 bridgehead atoms. The van der Waals surface area contributed by atoms with Crippen molar-refractivity contribution >= 4 is 23.5 Å². The predicted octanol–water partition coefficient (Wildman–Crippen LogP) is 2.49. The molecule has 1 heterocycles. The van der Waals surface area contributed by atoms with Crippen molar-refractivity contribution in [3.05, 3.63) is 65.7 Å². The first-order valence-electron chi connectivity index (χ1n) is 7.72. The number of anilines is 1. The highest BCUT2D eigenvalue weighted by atomic mass is 16.2. The van der Waals surface area contributed by atoms with Gasteiger partial charge in [0.15, 0.2) is 0 Å². The molecule has 0 aromatic heterocycles. The molecule has 6 nitrogen and oxygen atoms in total. The van der Waals surface area contributed by atoms with E-state index in [1.807, 2.05) is 18.2 Å². The van der Waals surface area contributed by atoms with Gasteiger partial charge in [0.25, 0.3) is 11.8 Å². The lowest BCUT2D eigenvalue weighted by Crippen LogP contribution is -2.35. The number of benzene rings is 2. The third-order valence-electron chi connectivity index (χ3n) is 3.75. The second-order valence-corrected chi connectivity index (χ2v) is 5.41. The van der Waals surface area contributed by atoms with Gasteiger partial charge in [0.1, 0.15) is 0 Å². The van der Waals surface area contributed by atoms with Gasteiger partial charge in [0.2, 0.25) is 0 Å². The van der Waals surface area contributed by atoms with E-state index in [0.29, 0.717) is 29.8 Å². The minimum Gasteiger partial charge on any atom is -0.338 e. The zero-order chi connectivity index (χ0) is 16.9. The zero-order valence-corrected chi connectivity index (χ0v) is 13.0. The highest BCUT2D eigenvalue weighted by molar-refractivity contribution is 6.21. The molecule has 0 aliphatic carbocycles. The fourth-order valence-electron chi connectivity index (χ4n) is 2.58. The number of nitrogens with one attached hydrogen (secondary N) is 2. The number of hydrogen-bond donors (Lipinski definition) is 2. The van der Waals surface area contributed by atoms with Crippen molar-refractivity contribution in [3.63, 3.8) is 0 Å². The number of hydrogen-bond acceptors (Lipinski definition) is 3. The SMILES string of the molecule is O=C(NCCCN1C(=O)c2ccccc2C1=O)Nc1ccccc1.